The molecule has 3 heterocycles. The fraction of sp³-hybridized carbons (Fsp3) is 0.583. The van der Waals surface area contributed by atoms with Crippen LogP contribution in [0.3, 0.4) is 0 Å². The summed E-state index contributed by atoms with van der Waals surface area (Å²) in [6, 6.07) is -0.0110. The zero-order valence-electron chi connectivity index (χ0n) is 11.1. The Morgan fingerprint density at radius 3 is 2.76 bits per heavy atom. The normalized spacial score (nSPS) is 39.0. The molecule has 1 spiro atoms. The Balaban J connectivity index is 1.74. The molecule has 1 aliphatic carbocycles. The van der Waals surface area contributed by atoms with E-state index in [0.717, 1.165) is 0 Å². The lowest BCUT2D eigenvalue weighted by Crippen LogP contribution is -2.58. The van der Waals surface area contributed by atoms with Crippen LogP contribution < -0.4 is 11.5 Å². The van der Waals surface area contributed by atoms with Crippen LogP contribution in [0.15, 0.2) is 12.7 Å². The molecular formula is C12H16N6O3. The van der Waals surface area contributed by atoms with Gasteiger partial charge in [0.2, 0.25) is 0 Å². The highest BCUT2D eigenvalue weighted by Gasteiger charge is 2.60. The average Bonchev–Trinajstić information content (AvgIpc) is 2.95. The van der Waals surface area contributed by atoms with Gasteiger partial charge in [-0.1, -0.05) is 0 Å². The SMILES string of the molecule is Nc1ncnc2c1ncn2[C@@H]1O[C@]2(C[C@@H](N)C2)[C@@H](O)[C@H]1O. The number of hydrogen-bond acceptors (Lipinski definition) is 8. The number of aliphatic hydroxyl groups excluding tert-OH is 2. The van der Waals surface area contributed by atoms with Gasteiger partial charge in [-0.15, -0.1) is 0 Å². The van der Waals surface area contributed by atoms with Crippen molar-refractivity contribution >= 4 is 17.0 Å². The van der Waals surface area contributed by atoms with Crippen molar-refractivity contribution in [3.8, 4) is 0 Å². The molecule has 4 rings (SSSR count). The van der Waals surface area contributed by atoms with Crippen molar-refractivity contribution in [2.45, 2.75) is 42.9 Å². The van der Waals surface area contributed by atoms with Crippen molar-refractivity contribution in [2.24, 2.45) is 5.73 Å². The standard InChI is InChI=1S/C12H16N6O3/c13-5-1-12(2-5)8(20)7(19)11(21-12)18-4-17-6-9(14)15-3-16-10(6)18/h3-5,7-8,11,19-20H,1-2,13H2,(H2,14,15,16)/t5-,7-,8+,11-,12+/m1/s1. The topological polar surface area (TPSA) is 145 Å². The van der Waals surface area contributed by atoms with E-state index >= 15 is 0 Å². The Morgan fingerprint density at radius 2 is 2.05 bits per heavy atom. The summed E-state index contributed by atoms with van der Waals surface area (Å²) in [5.41, 5.74) is 11.6. The van der Waals surface area contributed by atoms with Crippen LogP contribution in [0.2, 0.25) is 0 Å². The van der Waals surface area contributed by atoms with Gasteiger partial charge in [-0.2, -0.15) is 0 Å². The first-order valence-electron chi connectivity index (χ1n) is 6.74. The fourth-order valence-corrected chi connectivity index (χ4v) is 3.29. The Hall–Kier alpha value is -1.81. The van der Waals surface area contributed by atoms with Crippen molar-refractivity contribution < 1.29 is 14.9 Å². The zero-order valence-corrected chi connectivity index (χ0v) is 11.1. The lowest BCUT2D eigenvalue weighted by Gasteiger charge is -2.44. The zero-order chi connectivity index (χ0) is 14.8. The van der Waals surface area contributed by atoms with Crippen LogP contribution in [0.4, 0.5) is 5.82 Å². The molecule has 6 N–H and O–H groups in total. The van der Waals surface area contributed by atoms with Crippen LogP contribution in [0.1, 0.15) is 19.1 Å². The molecule has 112 valence electrons. The Bertz CT molecular complexity index is 697. The molecule has 1 saturated carbocycles. The molecule has 9 nitrogen and oxygen atoms in total. The minimum atomic E-state index is -1.08. The fourth-order valence-electron chi connectivity index (χ4n) is 3.29. The van der Waals surface area contributed by atoms with Crippen LogP contribution in [0.5, 0.6) is 0 Å². The molecular weight excluding hydrogens is 276 g/mol. The Labute approximate surface area is 119 Å². The van der Waals surface area contributed by atoms with E-state index in [1.807, 2.05) is 0 Å². The van der Waals surface area contributed by atoms with Gasteiger partial charge in [-0.25, -0.2) is 15.0 Å². The van der Waals surface area contributed by atoms with Crippen molar-refractivity contribution in [1.82, 2.24) is 19.5 Å². The van der Waals surface area contributed by atoms with Gasteiger partial charge in [0.1, 0.15) is 29.7 Å². The van der Waals surface area contributed by atoms with Crippen LogP contribution in [0, 0.1) is 0 Å². The van der Waals surface area contributed by atoms with E-state index < -0.39 is 24.0 Å². The van der Waals surface area contributed by atoms with Gasteiger partial charge in [0.25, 0.3) is 0 Å². The van der Waals surface area contributed by atoms with E-state index in [1.165, 1.54) is 12.7 Å². The predicted octanol–water partition coefficient (Wildman–Crippen LogP) is -1.48. The first kappa shape index (κ1) is 12.9. The third-order valence-corrected chi connectivity index (χ3v) is 4.39. The summed E-state index contributed by atoms with van der Waals surface area (Å²) in [5.74, 6) is 0.257. The van der Waals surface area contributed by atoms with E-state index in [2.05, 4.69) is 15.0 Å². The molecule has 1 aliphatic heterocycles. The van der Waals surface area contributed by atoms with Crippen LogP contribution in [0.25, 0.3) is 11.2 Å². The number of nitrogens with two attached hydrogens (primary N) is 2. The van der Waals surface area contributed by atoms with Gasteiger partial charge in [0.05, 0.1) is 6.33 Å². The van der Waals surface area contributed by atoms with E-state index in [1.54, 1.807) is 4.57 Å². The maximum atomic E-state index is 10.3. The van der Waals surface area contributed by atoms with Crippen LogP contribution in [-0.2, 0) is 4.74 Å². The van der Waals surface area contributed by atoms with Gasteiger partial charge in [-0.3, -0.25) is 4.57 Å². The van der Waals surface area contributed by atoms with E-state index in [0.29, 0.717) is 24.0 Å². The van der Waals surface area contributed by atoms with Crippen LogP contribution in [-0.4, -0.2) is 53.6 Å². The predicted molar refractivity (Wildman–Crippen MR) is 71.8 cm³/mol. The van der Waals surface area contributed by atoms with Crippen molar-refractivity contribution in [3.63, 3.8) is 0 Å². The monoisotopic (exact) mass is 292 g/mol. The maximum absolute atomic E-state index is 10.3. The molecule has 2 fully saturated rings. The molecule has 0 radical (unpaired) electrons. The van der Waals surface area contributed by atoms with Gasteiger partial charge < -0.3 is 26.4 Å². The van der Waals surface area contributed by atoms with Gasteiger partial charge in [0.15, 0.2) is 17.7 Å². The highest BCUT2D eigenvalue weighted by Crippen LogP contribution is 2.48. The first-order valence-corrected chi connectivity index (χ1v) is 6.74. The first-order chi connectivity index (χ1) is 10.0. The minimum Gasteiger partial charge on any atom is -0.387 e. The highest BCUT2D eigenvalue weighted by atomic mass is 16.6. The lowest BCUT2D eigenvalue weighted by atomic mass is 9.72. The highest BCUT2D eigenvalue weighted by molar-refractivity contribution is 5.81. The molecule has 0 unspecified atom stereocenters. The van der Waals surface area contributed by atoms with Crippen molar-refractivity contribution in [1.29, 1.82) is 0 Å². The van der Waals surface area contributed by atoms with E-state index in [4.69, 9.17) is 16.2 Å². The molecule has 0 bridgehead atoms. The number of nitrogen functional groups attached to an aromatic ring is 1. The molecule has 2 aliphatic rings. The van der Waals surface area contributed by atoms with Crippen molar-refractivity contribution in [2.75, 3.05) is 5.73 Å². The molecule has 2 aromatic heterocycles. The summed E-state index contributed by atoms with van der Waals surface area (Å²) in [6.45, 7) is 0. The van der Waals surface area contributed by atoms with Crippen molar-refractivity contribution in [3.05, 3.63) is 12.7 Å². The summed E-state index contributed by atoms with van der Waals surface area (Å²) >= 11 is 0. The molecule has 21 heavy (non-hydrogen) atoms. The van der Waals surface area contributed by atoms with E-state index in [-0.39, 0.29) is 11.9 Å². The lowest BCUT2D eigenvalue weighted by molar-refractivity contribution is -0.153. The molecule has 1 saturated heterocycles. The average molecular weight is 292 g/mol. The summed E-state index contributed by atoms with van der Waals surface area (Å²) in [5, 5.41) is 20.6. The maximum Gasteiger partial charge on any atom is 0.167 e. The second-order valence-electron chi connectivity index (χ2n) is 5.76. The third kappa shape index (κ3) is 1.62. The minimum absolute atomic E-state index is 0.0110. The number of nitrogens with zero attached hydrogens (tertiary/aromatic N) is 4. The summed E-state index contributed by atoms with van der Waals surface area (Å²) in [4.78, 5) is 12.1. The number of fused-ring (bicyclic) bond motifs is 1. The molecule has 9 heteroatoms. The van der Waals surface area contributed by atoms with Gasteiger partial charge >= 0.3 is 0 Å². The smallest absolute Gasteiger partial charge is 0.167 e. The number of anilines is 1. The quantitative estimate of drug-likeness (QED) is 0.498. The van der Waals surface area contributed by atoms with Gasteiger partial charge in [0, 0.05) is 6.04 Å². The summed E-state index contributed by atoms with van der Waals surface area (Å²) in [7, 11) is 0. The summed E-state index contributed by atoms with van der Waals surface area (Å²) in [6.07, 6.45) is 1.00. The van der Waals surface area contributed by atoms with E-state index in [9.17, 15) is 10.2 Å². The Morgan fingerprint density at radius 1 is 1.29 bits per heavy atom. The molecule has 0 amide bonds. The van der Waals surface area contributed by atoms with Gasteiger partial charge in [-0.05, 0) is 12.8 Å². The number of aromatic nitrogens is 4. The largest absolute Gasteiger partial charge is 0.387 e. The molecule has 0 aromatic carbocycles. The Kier molecular flexibility index (Phi) is 2.52. The molecule has 3 atom stereocenters. The number of hydrogen-bond donors (Lipinski definition) is 4. The second kappa shape index (κ2) is 4.10. The number of aliphatic hydroxyl groups is 2. The molecule has 2 aromatic rings. The number of ether oxygens (including phenoxy) is 1. The second-order valence-corrected chi connectivity index (χ2v) is 5.76. The third-order valence-electron chi connectivity index (χ3n) is 4.39. The van der Waals surface area contributed by atoms with Crippen LogP contribution >= 0.6 is 0 Å². The number of rotatable bonds is 1. The summed E-state index contributed by atoms with van der Waals surface area (Å²) < 4.78 is 7.48. The number of imidazole rings is 1.